The molecular formula is C20H25N3O6S2. The number of anilines is 1. The zero-order valence-electron chi connectivity index (χ0n) is 17.5. The minimum absolute atomic E-state index is 0.0666. The Morgan fingerprint density at radius 1 is 1.23 bits per heavy atom. The normalized spacial score (nSPS) is 11.1. The Hall–Kier alpha value is -2.79. The van der Waals surface area contributed by atoms with Crippen molar-refractivity contribution >= 4 is 39.1 Å². The molecule has 1 N–H and O–H groups in total. The van der Waals surface area contributed by atoms with Crippen molar-refractivity contribution in [1.29, 1.82) is 0 Å². The number of hydrogen-bond acceptors (Lipinski definition) is 7. The van der Waals surface area contributed by atoms with Crippen LogP contribution in [-0.4, -0.2) is 51.5 Å². The molecule has 0 aromatic heterocycles. The molecule has 0 aliphatic rings. The highest BCUT2D eigenvalue weighted by atomic mass is 32.2. The van der Waals surface area contributed by atoms with Gasteiger partial charge in [0.25, 0.3) is 5.69 Å². The van der Waals surface area contributed by atoms with Gasteiger partial charge in [0.05, 0.1) is 18.3 Å². The summed E-state index contributed by atoms with van der Waals surface area (Å²) in [5.41, 5.74) is 2.00. The van der Waals surface area contributed by atoms with Crippen LogP contribution in [0.25, 0.3) is 0 Å². The van der Waals surface area contributed by atoms with E-state index in [0.29, 0.717) is 12.3 Å². The van der Waals surface area contributed by atoms with Gasteiger partial charge in [0, 0.05) is 30.2 Å². The number of hydrogen-bond donors (Lipinski definition) is 1. The van der Waals surface area contributed by atoms with Gasteiger partial charge in [0.1, 0.15) is 18.0 Å². The van der Waals surface area contributed by atoms with E-state index in [9.17, 15) is 23.3 Å². The maximum Gasteiger partial charge on any atom is 0.271 e. The molecule has 1 amide bonds. The average Bonchev–Trinajstić information content (AvgIpc) is 2.71. The van der Waals surface area contributed by atoms with E-state index in [1.807, 2.05) is 19.1 Å². The largest absolute Gasteiger partial charge is 0.495 e. The van der Waals surface area contributed by atoms with Crippen LogP contribution in [0.15, 0.2) is 42.5 Å². The quantitative estimate of drug-likeness (QED) is 0.307. The van der Waals surface area contributed by atoms with Crippen LogP contribution < -0.4 is 14.4 Å². The molecule has 2 aromatic rings. The van der Waals surface area contributed by atoms with Gasteiger partial charge < -0.3 is 10.1 Å². The van der Waals surface area contributed by atoms with Crippen molar-refractivity contribution in [2.45, 2.75) is 12.7 Å². The molecule has 0 saturated heterocycles. The molecule has 0 spiro atoms. The molecule has 0 saturated carbocycles. The van der Waals surface area contributed by atoms with Gasteiger partial charge >= 0.3 is 0 Å². The fourth-order valence-corrected chi connectivity index (χ4v) is 4.36. The van der Waals surface area contributed by atoms with E-state index in [0.717, 1.165) is 22.4 Å². The van der Waals surface area contributed by atoms with Gasteiger partial charge in [-0.3, -0.25) is 19.2 Å². The van der Waals surface area contributed by atoms with Gasteiger partial charge in [-0.05, 0) is 18.6 Å². The van der Waals surface area contributed by atoms with Crippen LogP contribution in [0.2, 0.25) is 0 Å². The van der Waals surface area contributed by atoms with E-state index >= 15 is 0 Å². The Morgan fingerprint density at radius 2 is 1.90 bits per heavy atom. The molecule has 11 heteroatoms. The molecule has 168 valence electrons. The summed E-state index contributed by atoms with van der Waals surface area (Å²) in [6.07, 6.45) is 0.927. The Labute approximate surface area is 186 Å². The number of amides is 1. The summed E-state index contributed by atoms with van der Waals surface area (Å²) in [5.74, 6) is 1.04. The molecule has 0 aliphatic heterocycles. The summed E-state index contributed by atoms with van der Waals surface area (Å²) in [6, 6.07) is 11.8. The van der Waals surface area contributed by atoms with Crippen LogP contribution in [0, 0.1) is 17.0 Å². The van der Waals surface area contributed by atoms with E-state index in [1.54, 1.807) is 11.8 Å². The molecule has 0 radical (unpaired) electrons. The summed E-state index contributed by atoms with van der Waals surface area (Å²) in [5, 5.41) is 13.8. The molecule has 0 unspecified atom stereocenters. The van der Waals surface area contributed by atoms with Gasteiger partial charge in [-0.15, -0.1) is 0 Å². The zero-order chi connectivity index (χ0) is 23.0. The number of thioether (sulfide) groups is 1. The highest BCUT2D eigenvalue weighted by molar-refractivity contribution is 7.98. The predicted molar refractivity (Wildman–Crippen MR) is 122 cm³/mol. The van der Waals surface area contributed by atoms with E-state index in [1.165, 1.54) is 30.4 Å². The van der Waals surface area contributed by atoms with Crippen molar-refractivity contribution in [2.24, 2.45) is 0 Å². The minimum Gasteiger partial charge on any atom is -0.495 e. The number of ether oxygens (including phenoxy) is 1. The standard InChI is InChI=1S/C20H25N3O6S2/c1-15-4-6-16(7-5-15)14-30-11-10-21-20(24)13-22(31(3,27)28)18-12-17(23(25)26)8-9-19(18)29-2/h4-9,12H,10-11,13-14H2,1-3H3,(H,21,24). The van der Waals surface area contributed by atoms with Crippen LogP contribution in [0.3, 0.4) is 0 Å². The summed E-state index contributed by atoms with van der Waals surface area (Å²) in [4.78, 5) is 22.8. The van der Waals surface area contributed by atoms with E-state index in [-0.39, 0.29) is 17.1 Å². The lowest BCUT2D eigenvalue weighted by Crippen LogP contribution is -2.41. The zero-order valence-corrected chi connectivity index (χ0v) is 19.2. The van der Waals surface area contributed by atoms with Crippen LogP contribution >= 0.6 is 11.8 Å². The van der Waals surface area contributed by atoms with E-state index < -0.39 is 27.4 Å². The third-order valence-electron chi connectivity index (χ3n) is 4.29. The first kappa shape index (κ1) is 24.5. The molecule has 2 aromatic carbocycles. The Kier molecular flexibility index (Phi) is 8.69. The van der Waals surface area contributed by atoms with Crippen molar-refractivity contribution in [3.8, 4) is 5.75 Å². The second-order valence-electron chi connectivity index (χ2n) is 6.77. The number of nitro groups is 1. The Morgan fingerprint density at radius 3 is 2.48 bits per heavy atom. The fourth-order valence-electron chi connectivity index (χ4n) is 2.69. The van der Waals surface area contributed by atoms with Crippen LogP contribution in [-0.2, 0) is 20.6 Å². The van der Waals surface area contributed by atoms with E-state index in [4.69, 9.17) is 4.74 Å². The number of nitrogens with zero attached hydrogens (tertiary/aromatic N) is 2. The van der Waals surface area contributed by atoms with Crippen molar-refractivity contribution in [3.63, 3.8) is 0 Å². The summed E-state index contributed by atoms with van der Waals surface area (Å²) < 4.78 is 30.5. The van der Waals surface area contributed by atoms with Crippen molar-refractivity contribution in [1.82, 2.24) is 5.32 Å². The van der Waals surface area contributed by atoms with Gasteiger partial charge in [-0.25, -0.2) is 8.42 Å². The van der Waals surface area contributed by atoms with Gasteiger partial charge in [-0.1, -0.05) is 29.8 Å². The second kappa shape index (κ2) is 11.0. The maximum atomic E-state index is 12.4. The van der Waals surface area contributed by atoms with Crippen molar-refractivity contribution in [3.05, 3.63) is 63.7 Å². The number of carbonyl (C=O) groups is 1. The molecule has 2 rings (SSSR count). The smallest absolute Gasteiger partial charge is 0.271 e. The molecule has 0 aliphatic carbocycles. The number of aryl methyl sites for hydroxylation is 1. The molecule has 0 fully saturated rings. The first-order chi connectivity index (χ1) is 14.6. The third-order valence-corrected chi connectivity index (χ3v) is 6.44. The monoisotopic (exact) mass is 467 g/mol. The lowest BCUT2D eigenvalue weighted by Gasteiger charge is -2.23. The molecule has 0 atom stereocenters. The van der Waals surface area contributed by atoms with Gasteiger partial charge in [-0.2, -0.15) is 11.8 Å². The molecule has 9 nitrogen and oxygen atoms in total. The minimum atomic E-state index is -3.90. The Bertz CT molecular complexity index is 1030. The van der Waals surface area contributed by atoms with Gasteiger partial charge in [0.2, 0.25) is 15.9 Å². The van der Waals surface area contributed by atoms with Gasteiger partial charge in [0.15, 0.2) is 0 Å². The topological polar surface area (TPSA) is 119 Å². The fraction of sp³-hybridized carbons (Fsp3) is 0.350. The number of carbonyl (C=O) groups excluding carboxylic acids is 1. The average molecular weight is 468 g/mol. The summed E-state index contributed by atoms with van der Waals surface area (Å²) in [7, 11) is -2.58. The number of non-ortho nitro benzene ring substituents is 1. The lowest BCUT2D eigenvalue weighted by molar-refractivity contribution is -0.384. The number of methoxy groups -OCH3 is 1. The first-order valence-electron chi connectivity index (χ1n) is 9.32. The number of benzene rings is 2. The summed E-state index contributed by atoms with van der Waals surface area (Å²) >= 11 is 1.64. The summed E-state index contributed by atoms with van der Waals surface area (Å²) in [6.45, 7) is 1.87. The Balaban J connectivity index is 1.98. The third kappa shape index (κ3) is 7.44. The number of nitrogens with one attached hydrogen (secondary N) is 1. The predicted octanol–water partition coefficient (Wildman–Crippen LogP) is 2.73. The van der Waals surface area contributed by atoms with Crippen LogP contribution in [0.1, 0.15) is 11.1 Å². The lowest BCUT2D eigenvalue weighted by atomic mass is 10.2. The highest BCUT2D eigenvalue weighted by Gasteiger charge is 2.26. The highest BCUT2D eigenvalue weighted by Crippen LogP contribution is 2.33. The molecule has 0 bridgehead atoms. The first-order valence-corrected chi connectivity index (χ1v) is 12.3. The SMILES string of the molecule is COc1ccc([N+](=O)[O-])cc1N(CC(=O)NCCSCc1ccc(C)cc1)S(C)(=O)=O. The number of sulfonamides is 1. The maximum absolute atomic E-state index is 12.4. The molecule has 31 heavy (non-hydrogen) atoms. The van der Waals surface area contributed by atoms with E-state index in [2.05, 4.69) is 17.4 Å². The molecule has 0 heterocycles. The second-order valence-corrected chi connectivity index (χ2v) is 9.78. The van der Waals surface area contributed by atoms with Crippen LogP contribution in [0.5, 0.6) is 5.75 Å². The number of nitro benzene ring substituents is 1. The van der Waals surface area contributed by atoms with Crippen LogP contribution in [0.4, 0.5) is 11.4 Å². The van der Waals surface area contributed by atoms with Crippen molar-refractivity contribution in [2.75, 3.05) is 36.5 Å². The number of rotatable bonds is 11. The molecular weight excluding hydrogens is 442 g/mol. The van der Waals surface area contributed by atoms with Crippen molar-refractivity contribution < 1.29 is 22.9 Å².